The maximum atomic E-state index is 12.6. The molecule has 0 spiro atoms. The Balaban J connectivity index is 1.73. The molecule has 1 N–H and O–H groups in total. The second-order valence-corrected chi connectivity index (χ2v) is 7.52. The van der Waals surface area contributed by atoms with Gasteiger partial charge in [0.2, 0.25) is 0 Å². The molecule has 0 aliphatic rings. The van der Waals surface area contributed by atoms with Crippen molar-refractivity contribution in [2.75, 3.05) is 18.4 Å². The van der Waals surface area contributed by atoms with Gasteiger partial charge in [-0.1, -0.05) is 6.07 Å². The quantitative estimate of drug-likeness (QED) is 0.418. The van der Waals surface area contributed by atoms with Crippen LogP contribution in [0.4, 0.5) is 11.4 Å². The zero-order valence-corrected chi connectivity index (χ0v) is 16.2. The highest BCUT2D eigenvalue weighted by molar-refractivity contribution is 7.92. The van der Waals surface area contributed by atoms with Crippen molar-refractivity contribution >= 4 is 21.4 Å². The molecule has 0 amide bonds. The summed E-state index contributed by atoms with van der Waals surface area (Å²) in [5.41, 5.74) is -0.175. The Hall–Kier alpha value is -3.60. The van der Waals surface area contributed by atoms with E-state index in [2.05, 4.69) is 9.82 Å². The minimum atomic E-state index is -4.05. The maximum absolute atomic E-state index is 12.6. The van der Waals surface area contributed by atoms with Gasteiger partial charge < -0.3 is 9.47 Å². The summed E-state index contributed by atoms with van der Waals surface area (Å²) in [6.45, 7) is 0.890. The topological polar surface area (TPSA) is 126 Å². The molecule has 0 aliphatic heterocycles. The Labute approximate surface area is 166 Å². The standard InChI is InChI=1S/C18H18N4O6S/c1-27-18-7-6-16(13-17(18)22(23)24)29(25,26)20-14-4-2-5-15(12-14)28-11-10-21-9-3-8-19-21/h2-9,12-13,20H,10-11H2,1H3. The number of ether oxygens (including phenoxy) is 2. The average Bonchev–Trinajstić information content (AvgIpc) is 3.21. The van der Waals surface area contributed by atoms with Crippen molar-refractivity contribution in [2.45, 2.75) is 11.4 Å². The number of rotatable bonds is 9. The zero-order chi connectivity index (χ0) is 20.9. The highest BCUT2D eigenvalue weighted by Gasteiger charge is 2.22. The van der Waals surface area contributed by atoms with Gasteiger partial charge in [0.1, 0.15) is 12.4 Å². The highest BCUT2D eigenvalue weighted by atomic mass is 32.2. The maximum Gasteiger partial charge on any atom is 0.312 e. The van der Waals surface area contributed by atoms with Crippen LogP contribution in [0, 0.1) is 10.1 Å². The van der Waals surface area contributed by atoms with E-state index >= 15 is 0 Å². The molecule has 3 rings (SSSR count). The molecule has 0 saturated heterocycles. The number of benzene rings is 2. The minimum absolute atomic E-state index is 0.0264. The van der Waals surface area contributed by atoms with Crippen LogP contribution < -0.4 is 14.2 Å². The summed E-state index contributed by atoms with van der Waals surface area (Å²) in [4.78, 5) is 10.2. The van der Waals surface area contributed by atoms with Crippen LogP contribution in [0.5, 0.6) is 11.5 Å². The number of methoxy groups -OCH3 is 1. The van der Waals surface area contributed by atoms with E-state index in [0.29, 0.717) is 18.9 Å². The molecule has 0 aliphatic carbocycles. The molecule has 0 unspecified atom stereocenters. The van der Waals surface area contributed by atoms with Gasteiger partial charge in [0.25, 0.3) is 10.0 Å². The fourth-order valence-electron chi connectivity index (χ4n) is 2.53. The Kier molecular flexibility index (Phi) is 5.98. The molecule has 1 heterocycles. The van der Waals surface area contributed by atoms with E-state index in [9.17, 15) is 18.5 Å². The average molecular weight is 418 g/mol. The van der Waals surface area contributed by atoms with Crippen LogP contribution in [-0.4, -0.2) is 36.8 Å². The number of aromatic nitrogens is 2. The van der Waals surface area contributed by atoms with E-state index in [0.717, 1.165) is 6.07 Å². The van der Waals surface area contributed by atoms with Gasteiger partial charge in [-0.05, 0) is 30.3 Å². The third kappa shape index (κ3) is 5.02. The van der Waals surface area contributed by atoms with Crippen LogP contribution in [0.1, 0.15) is 0 Å². The van der Waals surface area contributed by atoms with Crippen molar-refractivity contribution in [1.82, 2.24) is 9.78 Å². The number of nitrogens with one attached hydrogen (secondary N) is 1. The monoisotopic (exact) mass is 418 g/mol. The van der Waals surface area contributed by atoms with Crippen molar-refractivity contribution in [3.63, 3.8) is 0 Å². The molecule has 10 nitrogen and oxygen atoms in total. The number of hydrogen-bond acceptors (Lipinski definition) is 7. The summed E-state index contributed by atoms with van der Waals surface area (Å²) in [5, 5.41) is 15.2. The Morgan fingerprint density at radius 1 is 1.21 bits per heavy atom. The van der Waals surface area contributed by atoms with Crippen molar-refractivity contribution in [2.24, 2.45) is 0 Å². The molecule has 0 fully saturated rings. The van der Waals surface area contributed by atoms with Crippen LogP contribution in [-0.2, 0) is 16.6 Å². The number of nitrogens with zero attached hydrogens (tertiary/aromatic N) is 3. The van der Waals surface area contributed by atoms with E-state index in [1.807, 2.05) is 6.20 Å². The van der Waals surface area contributed by atoms with E-state index < -0.39 is 20.6 Å². The normalized spacial score (nSPS) is 11.1. The Bertz CT molecular complexity index is 1100. The van der Waals surface area contributed by atoms with Gasteiger partial charge in [-0.15, -0.1) is 0 Å². The van der Waals surface area contributed by atoms with Gasteiger partial charge in [0.15, 0.2) is 5.75 Å². The molecule has 0 bridgehead atoms. The number of anilines is 1. The molecule has 0 radical (unpaired) electrons. The van der Waals surface area contributed by atoms with Crippen molar-refractivity contribution in [3.8, 4) is 11.5 Å². The van der Waals surface area contributed by atoms with Gasteiger partial charge in [-0.3, -0.25) is 19.5 Å². The smallest absolute Gasteiger partial charge is 0.312 e. The first-order valence-corrected chi connectivity index (χ1v) is 9.93. The predicted octanol–water partition coefficient (Wildman–Crippen LogP) is 2.68. The molecular formula is C18H18N4O6S. The molecule has 0 atom stereocenters. The first-order chi connectivity index (χ1) is 13.9. The number of nitro groups is 1. The van der Waals surface area contributed by atoms with Gasteiger partial charge in [0.05, 0.1) is 29.2 Å². The molecule has 152 valence electrons. The summed E-state index contributed by atoms with van der Waals surface area (Å²) in [5.74, 6) is 0.444. The highest BCUT2D eigenvalue weighted by Crippen LogP contribution is 2.30. The third-order valence-corrected chi connectivity index (χ3v) is 5.27. The minimum Gasteiger partial charge on any atom is -0.492 e. The van der Waals surface area contributed by atoms with Crippen LogP contribution in [0.25, 0.3) is 0 Å². The Morgan fingerprint density at radius 2 is 2.03 bits per heavy atom. The second-order valence-electron chi connectivity index (χ2n) is 5.84. The number of sulfonamides is 1. The summed E-state index contributed by atoms with van der Waals surface area (Å²) in [7, 11) is -2.78. The van der Waals surface area contributed by atoms with Crippen LogP contribution in [0.15, 0.2) is 65.8 Å². The van der Waals surface area contributed by atoms with Crippen molar-refractivity contribution in [1.29, 1.82) is 0 Å². The summed E-state index contributed by atoms with van der Waals surface area (Å²) >= 11 is 0. The predicted molar refractivity (Wildman–Crippen MR) is 105 cm³/mol. The molecule has 1 aromatic heterocycles. The van der Waals surface area contributed by atoms with Gasteiger partial charge in [-0.25, -0.2) is 8.42 Å². The molecule has 11 heteroatoms. The van der Waals surface area contributed by atoms with Gasteiger partial charge >= 0.3 is 5.69 Å². The fourth-order valence-corrected chi connectivity index (χ4v) is 3.60. The van der Waals surface area contributed by atoms with E-state index in [1.54, 1.807) is 35.1 Å². The van der Waals surface area contributed by atoms with E-state index in [1.165, 1.54) is 25.3 Å². The fraction of sp³-hybridized carbons (Fsp3) is 0.167. The lowest BCUT2D eigenvalue weighted by atomic mass is 10.3. The molecule has 0 saturated carbocycles. The number of hydrogen-bond donors (Lipinski definition) is 1. The molecule has 2 aromatic carbocycles. The van der Waals surface area contributed by atoms with Crippen LogP contribution in [0.3, 0.4) is 0 Å². The Morgan fingerprint density at radius 3 is 2.72 bits per heavy atom. The van der Waals surface area contributed by atoms with E-state index in [4.69, 9.17) is 9.47 Å². The zero-order valence-electron chi connectivity index (χ0n) is 15.4. The SMILES string of the molecule is COc1ccc(S(=O)(=O)Nc2cccc(OCCn3cccn3)c2)cc1[N+](=O)[O-]. The van der Waals surface area contributed by atoms with Crippen LogP contribution in [0.2, 0.25) is 0 Å². The number of nitro benzene ring substituents is 1. The van der Waals surface area contributed by atoms with Crippen molar-refractivity contribution in [3.05, 3.63) is 71.0 Å². The summed E-state index contributed by atoms with van der Waals surface area (Å²) < 4.78 is 39.9. The largest absolute Gasteiger partial charge is 0.492 e. The lowest BCUT2D eigenvalue weighted by Gasteiger charge is -2.11. The summed E-state index contributed by atoms with van der Waals surface area (Å²) in [6.07, 6.45) is 3.47. The lowest BCUT2D eigenvalue weighted by Crippen LogP contribution is -2.13. The van der Waals surface area contributed by atoms with Crippen molar-refractivity contribution < 1.29 is 22.8 Å². The van der Waals surface area contributed by atoms with Gasteiger partial charge in [-0.2, -0.15) is 5.10 Å². The lowest BCUT2D eigenvalue weighted by molar-refractivity contribution is -0.386. The summed E-state index contributed by atoms with van der Waals surface area (Å²) in [6, 6.07) is 11.6. The molecule has 29 heavy (non-hydrogen) atoms. The third-order valence-electron chi connectivity index (χ3n) is 3.89. The van der Waals surface area contributed by atoms with Gasteiger partial charge in [0, 0.05) is 24.5 Å². The van der Waals surface area contributed by atoms with E-state index in [-0.39, 0.29) is 16.3 Å². The molecule has 3 aromatic rings. The van der Waals surface area contributed by atoms with Crippen LogP contribution >= 0.6 is 0 Å². The second kappa shape index (κ2) is 8.61. The first-order valence-electron chi connectivity index (χ1n) is 8.44. The first kappa shape index (κ1) is 20.1. The molecular weight excluding hydrogens is 400 g/mol.